The molecule has 1 saturated heterocycles. The van der Waals surface area contributed by atoms with Crippen LogP contribution in [0.5, 0.6) is 0 Å². The molecule has 2 atom stereocenters. The van der Waals surface area contributed by atoms with Crippen molar-refractivity contribution in [1.82, 2.24) is 8.87 Å². The summed E-state index contributed by atoms with van der Waals surface area (Å²) in [4.78, 5) is 29.8. The topological polar surface area (TPSA) is 98.0 Å². The Morgan fingerprint density at radius 1 is 1.06 bits per heavy atom. The van der Waals surface area contributed by atoms with Crippen LogP contribution in [0.25, 0.3) is 10.2 Å². The van der Waals surface area contributed by atoms with Gasteiger partial charge < -0.3 is 9.30 Å². The number of thiazole rings is 1. The van der Waals surface area contributed by atoms with E-state index in [2.05, 4.69) is 18.8 Å². The minimum absolute atomic E-state index is 0.177. The number of piperidine rings is 1. The Bertz CT molecular complexity index is 1430. The average Bonchev–Trinajstić information content (AvgIpc) is 3.18. The zero-order valence-corrected chi connectivity index (χ0v) is 21.9. The predicted octanol–water partition coefficient (Wildman–Crippen LogP) is 3.92. The second-order valence-corrected chi connectivity index (χ2v) is 12.0. The maximum atomic E-state index is 13.1. The molecule has 4 rings (SSSR count). The van der Waals surface area contributed by atoms with E-state index in [9.17, 15) is 18.0 Å². The highest BCUT2D eigenvalue weighted by Crippen LogP contribution is 2.27. The van der Waals surface area contributed by atoms with Crippen molar-refractivity contribution in [3.8, 4) is 0 Å². The molecule has 10 heteroatoms. The summed E-state index contributed by atoms with van der Waals surface area (Å²) < 4.78 is 35.3. The minimum Gasteiger partial charge on any atom is -0.465 e. The smallest absolute Gasteiger partial charge is 0.337 e. The lowest BCUT2D eigenvalue weighted by atomic mass is 9.94. The Kier molecular flexibility index (Phi) is 7.25. The van der Waals surface area contributed by atoms with Crippen LogP contribution in [0.2, 0.25) is 0 Å². The summed E-state index contributed by atoms with van der Waals surface area (Å²) in [7, 11) is -2.29. The fourth-order valence-electron chi connectivity index (χ4n) is 4.58. The summed E-state index contributed by atoms with van der Waals surface area (Å²) in [6, 6.07) is 11.2. The van der Waals surface area contributed by atoms with E-state index in [0.29, 0.717) is 47.4 Å². The quantitative estimate of drug-likeness (QED) is 0.480. The molecule has 0 radical (unpaired) electrons. The molecule has 1 amide bonds. The normalized spacial score (nSPS) is 19.7. The fourth-order valence-corrected chi connectivity index (χ4v) is 7.39. The van der Waals surface area contributed by atoms with Crippen molar-refractivity contribution in [2.45, 2.75) is 38.6 Å². The molecular formula is C25H29N3O5S2. The van der Waals surface area contributed by atoms with Crippen molar-refractivity contribution in [2.24, 2.45) is 16.8 Å². The number of carbonyl (C=O) groups is 2. The van der Waals surface area contributed by atoms with Crippen molar-refractivity contribution >= 4 is 43.5 Å². The van der Waals surface area contributed by atoms with Gasteiger partial charge in [0.05, 0.1) is 27.8 Å². The standard InChI is InChI=1S/C25H29N3O5S2/c1-5-28-21-11-8-19(24(30)33-4)13-22(21)34-25(28)26-23(29)18-6-9-20(10-7-18)35(31,32)27-14-16(2)12-17(3)15-27/h6-11,13,16-17H,5,12,14-15H2,1-4H3. The average molecular weight is 516 g/mol. The van der Waals surface area contributed by atoms with Crippen LogP contribution >= 0.6 is 11.3 Å². The molecule has 0 aliphatic carbocycles. The Morgan fingerprint density at radius 3 is 2.29 bits per heavy atom. The lowest BCUT2D eigenvalue weighted by molar-refractivity contribution is 0.0600. The van der Waals surface area contributed by atoms with Crippen molar-refractivity contribution in [2.75, 3.05) is 20.2 Å². The number of amides is 1. The number of hydrogen-bond donors (Lipinski definition) is 0. The number of rotatable bonds is 5. The van der Waals surface area contributed by atoms with Gasteiger partial charge in [-0.2, -0.15) is 9.30 Å². The van der Waals surface area contributed by atoms with Gasteiger partial charge in [-0.15, -0.1) is 0 Å². The van der Waals surface area contributed by atoms with E-state index in [4.69, 9.17) is 4.74 Å². The summed E-state index contributed by atoms with van der Waals surface area (Å²) in [6.07, 6.45) is 1.01. The number of aromatic nitrogens is 1. The molecule has 35 heavy (non-hydrogen) atoms. The first kappa shape index (κ1) is 25.3. The fraction of sp³-hybridized carbons (Fsp3) is 0.400. The molecule has 2 heterocycles. The Morgan fingerprint density at radius 2 is 1.69 bits per heavy atom. The van der Waals surface area contributed by atoms with Gasteiger partial charge >= 0.3 is 5.97 Å². The molecule has 0 N–H and O–H groups in total. The number of fused-ring (bicyclic) bond motifs is 1. The molecule has 2 unspecified atom stereocenters. The van der Waals surface area contributed by atoms with Gasteiger partial charge in [0.2, 0.25) is 10.0 Å². The summed E-state index contributed by atoms with van der Waals surface area (Å²) >= 11 is 1.31. The molecule has 1 aliphatic rings. The summed E-state index contributed by atoms with van der Waals surface area (Å²) in [5, 5.41) is 0. The summed E-state index contributed by atoms with van der Waals surface area (Å²) in [5.74, 6) is -0.274. The molecule has 1 fully saturated rings. The Hall–Kier alpha value is -2.82. The lowest BCUT2D eigenvalue weighted by Crippen LogP contribution is -2.42. The van der Waals surface area contributed by atoms with Gasteiger partial charge in [0.15, 0.2) is 4.80 Å². The SMILES string of the molecule is CCn1c(=NC(=O)c2ccc(S(=O)(=O)N3CC(C)CC(C)C3)cc2)sc2cc(C(=O)OC)ccc21. The third-order valence-corrected chi connectivity index (χ3v) is 9.08. The molecule has 0 saturated carbocycles. The number of esters is 1. The third kappa shape index (κ3) is 5.10. The third-order valence-electron chi connectivity index (χ3n) is 6.19. The van der Waals surface area contributed by atoms with Crippen molar-refractivity contribution in [3.63, 3.8) is 0 Å². The molecule has 1 aliphatic heterocycles. The second kappa shape index (κ2) is 10.0. The maximum absolute atomic E-state index is 13.1. The number of benzene rings is 2. The van der Waals surface area contributed by atoms with Gasteiger partial charge in [-0.25, -0.2) is 13.2 Å². The zero-order valence-electron chi connectivity index (χ0n) is 20.2. The van der Waals surface area contributed by atoms with Gasteiger partial charge in [0.1, 0.15) is 0 Å². The van der Waals surface area contributed by atoms with Crippen molar-refractivity contribution in [3.05, 3.63) is 58.4 Å². The maximum Gasteiger partial charge on any atom is 0.337 e. The van der Waals surface area contributed by atoms with E-state index in [1.165, 1.54) is 47.0 Å². The Labute approximate surface area is 208 Å². The van der Waals surface area contributed by atoms with Crippen LogP contribution in [0, 0.1) is 11.8 Å². The zero-order chi connectivity index (χ0) is 25.3. The van der Waals surface area contributed by atoms with Crippen LogP contribution in [-0.2, 0) is 21.3 Å². The molecule has 8 nitrogen and oxygen atoms in total. The first-order chi connectivity index (χ1) is 16.6. The van der Waals surface area contributed by atoms with Gasteiger partial charge in [0.25, 0.3) is 5.91 Å². The van der Waals surface area contributed by atoms with E-state index in [1.54, 1.807) is 12.1 Å². The Balaban J connectivity index is 1.63. The molecule has 2 aromatic carbocycles. The first-order valence-electron chi connectivity index (χ1n) is 11.5. The largest absolute Gasteiger partial charge is 0.465 e. The van der Waals surface area contributed by atoms with Gasteiger partial charge in [-0.3, -0.25) is 4.79 Å². The van der Waals surface area contributed by atoms with Crippen molar-refractivity contribution < 1.29 is 22.7 Å². The number of ether oxygens (including phenoxy) is 1. The van der Waals surface area contributed by atoms with Crippen LogP contribution < -0.4 is 4.80 Å². The van der Waals surface area contributed by atoms with Gasteiger partial charge in [-0.1, -0.05) is 25.2 Å². The van der Waals surface area contributed by atoms with Crippen LogP contribution in [0.15, 0.2) is 52.4 Å². The minimum atomic E-state index is -3.62. The van der Waals surface area contributed by atoms with Crippen LogP contribution in [0.1, 0.15) is 47.9 Å². The summed E-state index contributed by atoms with van der Waals surface area (Å²) in [6.45, 7) is 7.68. The number of carbonyl (C=O) groups excluding carboxylic acids is 2. The molecule has 186 valence electrons. The van der Waals surface area contributed by atoms with Gasteiger partial charge in [0, 0.05) is 25.2 Å². The molecule has 0 bridgehead atoms. The second-order valence-electron chi connectivity index (χ2n) is 9.01. The van der Waals surface area contributed by atoms with Crippen LogP contribution in [-0.4, -0.2) is 49.4 Å². The molecular weight excluding hydrogens is 486 g/mol. The van der Waals surface area contributed by atoms with Gasteiger partial charge in [-0.05, 0) is 67.6 Å². The number of hydrogen-bond acceptors (Lipinski definition) is 6. The van der Waals surface area contributed by atoms with E-state index in [1.807, 2.05) is 17.6 Å². The lowest BCUT2D eigenvalue weighted by Gasteiger charge is -2.34. The molecule has 3 aromatic rings. The number of aryl methyl sites for hydroxylation is 1. The van der Waals surface area contributed by atoms with Crippen molar-refractivity contribution in [1.29, 1.82) is 0 Å². The highest BCUT2D eigenvalue weighted by Gasteiger charge is 2.31. The molecule has 0 spiro atoms. The summed E-state index contributed by atoms with van der Waals surface area (Å²) in [5.41, 5.74) is 1.60. The van der Waals surface area contributed by atoms with E-state index >= 15 is 0 Å². The molecule has 1 aromatic heterocycles. The monoisotopic (exact) mass is 515 g/mol. The highest BCUT2D eigenvalue weighted by atomic mass is 32.2. The first-order valence-corrected chi connectivity index (χ1v) is 13.8. The van der Waals surface area contributed by atoms with E-state index in [0.717, 1.165) is 16.6 Å². The van der Waals surface area contributed by atoms with E-state index < -0.39 is 21.9 Å². The predicted molar refractivity (Wildman–Crippen MR) is 135 cm³/mol. The number of sulfonamides is 1. The van der Waals surface area contributed by atoms with Crippen LogP contribution in [0.3, 0.4) is 0 Å². The highest BCUT2D eigenvalue weighted by molar-refractivity contribution is 7.89. The van der Waals surface area contributed by atoms with Crippen LogP contribution in [0.4, 0.5) is 0 Å². The number of methoxy groups -OCH3 is 1. The number of nitrogens with zero attached hydrogens (tertiary/aromatic N) is 3. The van der Waals surface area contributed by atoms with E-state index in [-0.39, 0.29) is 4.90 Å².